The highest BCUT2D eigenvalue weighted by molar-refractivity contribution is 5.95. The molecule has 0 atom stereocenters. The van der Waals surface area contributed by atoms with Gasteiger partial charge in [-0.3, -0.25) is 9.20 Å². The molecule has 0 radical (unpaired) electrons. The molecule has 0 saturated carbocycles. The van der Waals surface area contributed by atoms with Gasteiger partial charge in [0.2, 0.25) is 0 Å². The number of carbonyl (C=O) groups excluding carboxylic acids is 1. The van der Waals surface area contributed by atoms with Gasteiger partial charge in [-0.05, 0) is 31.2 Å². The van der Waals surface area contributed by atoms with Crippen molar-refractivity contribution in [1.82, 2.24) is 30.1 Å². The maximum absolute atomic E-state index is 13.1. The Kier molecular flexibility index (Phi) is 4.49. The predicted octanol–water partition coefficient (Wildman–Crippen LogP) is 3.04. The van der Waals surface area contributed by atoms with Crippen LogP contribution in [0.15, 0.2) is 47.1 Å². The third kappa shape index (κ3) is 3.66. The van der Waals surface area contributed by atoms with Crippen molar-refractivity contribution in [3.63, 3.8) is 0 Å². The molecule has 3 aromatic heterocycles. The first-order chi connectivity index (χ1) is 13.8. The fourth-order valence-electron chi connectivity index (χ4n) is 2.79. The lowest BCUT2D eigenvalue weighted by Crippen LogP contribution is -2.26. The Labute approximate surface area is 161 Å². The number of nitrogens with zero attached hydrogens (tertiary/aromatic N) is 5. The summed E-state index contributed by atoms with van der Waals surface area (Å²) >= 11 is 0. The zero-order chi connectivity index (χ0) is 20.6. The van der Waals surface area contributed by atoms with Crippen molar-refractivity contribution in [2.75, 3.05) is 0 Å². The molecule has 4 aromatic rings. The lowest BCUT2D eigenvalue weighted by atomic mass is 10.1. The highest BCUT2D eigenvalue weighted by atomic mass is 19.4. The van der Waals surface area contributed by atoms with E-state index in [4.69, 9.17) is 4.52 Å². The number of fused-ring (bicyclic) bond motifs is 1. The summed E-state index contributed by atoms with van der Waals surface area (Å²) in [6.45, 7) is 1.59. The summed E-state index contributed by atoms with van der Waals surface area (Å²) < 4.78 is 46.0. The van der Waals surface area contributed by atoms with Gasteiger partial charge < -0.3 is 9.84 Å². The van der Waals surface area contributed by atoms with Crippen LogP contribution >= 0.6 is 0 Å². The molecule has 0 spiro atoms. The Hall–Kier alpha value is -3.76. The Morgan fingerprint density at radius 1 is 1.21 bits per heavy atom. The Morgan fingerprint density at radius 3 is 2.72 bits per heavy atom. The largest absolute Gasteiger partial charge is 0.417 e. The van der Waals surface area contributed by atoms with Crippen LogP contribution in [-0.2, 0) is 12.7 Å². The number of rotatable bonds is 4. The molecule has 1 aromatic carbocycles. The molecule has 0 fully saturated rings. The van der Waals surface area contributed by atoms with Gasteiger partial charge >= 0.3 is 6.18 Å². The van der Waals surface area contributed by atoms with Gasteiger partial charge in [0.05, 0.1) is 17.7 Å². The summed E-state index contributed by atoms with van der Waals surface area (Å²) in [5.74, 6) is 0.314. The third-order valence-electron chi connectivity index (χ3n) is 4.14. The second kappa shape index (κ2) is 7.00. The number of hydrogen-bond donors (Lipinski definition) is 1. The molecular weight excluding hydrogens is 389 g/mol. The second-order valence-corrected chi connectivity index (χ2v) is 6.13. The summed E-state index contributed by atoms with van der Waals surface area (Å²) in [6.07, 6.45) is -2.98. The smallest absolute Gasteiger partial charge is 0.345 e. The number of pyridine rings is 1. The summed E-state index contributed by atoms with van der Waals surface area (Å²) in [5.41, 5.74) is -0.357. The van der Waals surface area contributed by atoms with Gasteiger partial charge in [-0.2, -0.15) is 18.2 Å². The number of alkyl halides is 3. The Balaban J connectivity index is 1.54. The lowest BCUT2D eigenvalue weighted by molar-refractivity contribution is -0.137. The highest BCUT2D eigenvalue weighted by Gasteiger charge is 2.34. The van der Waals surface area contributed by atoms with Crippen LogP contribution < -0.4 is 5.32 Å². The van der Waals surface area contributed by atoms with Crippen LogP contribution in [0.5, 0.6) is 0 Å². The van der Waals surface area contributed by atoms with Gasteiger partial charge in [0.15, 0.2) is 17.3 Å². The van der Waals surface area contributed by atoms with Crippen LogP contribution in [0.4, 0.5) is 13.2 Å². The molecule has 0 unspecified atom stereocenters. The van der Waals surface area contributed by atoms with E-state index in [0.717, 1.165) is 12.1 Å². The average molecular weight is 402 g/mol. The first-order valence-electron chi connectivity index (χ1n) is 8.42. The van der Waals surface area contributed by atoms with Gasteiger partial charge in [0.1, 0.15) is 0 Å². The molecule has 4 rings (SSSR count). The van der Waals surface area contributed by atoms with Crippen LogP contribution in [0.25, 0.3) is 17.1 Å². The van der Waals surface area contributed by atoms with E-state index in [1.54, 1.807) is 29.7 Å². The minimum atomic E-state index is -4.63. The number of benzene rings is 1. The Morgan fingerprint density at radius 2 is 2.00 bits per heavy atom. The lowest BCUT2D eigenvalue weighted by Gasteiger charge is -2.12. The van der Waals surface area contributed by atoms with Crippen LogP contribution in [0.3, 0.4) is 0 Å². The molecule has 1 amide bonds. The fraction of sp³-hybridized carbons (Fsp3) is 0.167. The van der Waals surface area contributed by atoms with Crippen LogP contribution in [0, 0.1) is 6.92 Å². The standard InChI is InChI=1S/C18H13F3N6O2/c1-10-23-17(29-26-10)11-6-7-27-14(8-11)24-25-15(27)9-22-16(28)12-4-2-3-5-13(12)18(19,20)21/h2-8H,9H2,1H3,(H,22,28). The average Bonchev–Trinajstić information content (AvgIpc) is 3.31. The number of aromatic nitrogens is 5. The molecule has 3 heterocycles. The minimum Gasteiger partial charge on any atom is -0.345 e. The summed E-state index contributed by atoms with van der Waals surface area (Å²) in [4.78, 5) is 16.4. The number of aryl methyl sites for hydroxylation is 1. The van der Waals surface area contributed by atoms with E-state index in [0.29, 0.717) is 28.8 Å². The first-order valence-corrected chi connectivity index (χ1v) is 8.42. The predicted molar refractivity (Wildman–Crippen MR) is 93.6 cm³/mol. The highest BCUT2D eigenvalue weighted by Crippen LogP contribution is 2.31. The van der Waals surface area contributed by atoms with Gasteiger partial charge in [-0.15, -0.1) is 10.2 Å². The minimum absolute atomic E-state index is 0.106. The molecule has 29 heavy (non-hydrogen) atoms. The first kappa shape index (κ1) is 18.6. The quantitative estimate of drug-likeness (QED) is 0.564. The van der Waals surface area contributed by atoms with Gasteiger partial charge in [0, 0.05) is 11.8 Å². The normalized spacial score (nSPS) is 11.7. The molecule has 8 nitrogen and oxygen atoms in total. The monoisotopic (exact) mass is 402 g/mol. The van der Waals surface area contributed by atoms with Crippen LogP contribution in [-0.4, -0.2) is 30.6 Å². The van der Waals surface area contributed by atoms with E-state index in [1.165, 1.54) is 12.1 Å². The van der Waals surface area contributed by atoms with Crippen molar-refractivity contribution >= 4 is 11.6 Å². The summed E-state index contributed by atoms with van der Waals surface area (Å²) in [6, 6.07) is 7.96. The maximum Gasteiger partial charge on any atom is 0.417 e. The SMILES string of the molecule is Cc1noc(-c2ccn3c(CNC(=O)c4ccccc4C(F)(F)F)nnc3c2)n1. The number of amides is 1. The number of halogens is 3. The van der Waals surface area contributed by atoms with Crippen molar-refractivity contribution in [1.29, 1.82) is 0 Å². The van der Waals surface area contributed by atoms with Crippen molar-refractivity contribution in [3.8, 4) is 11.5 Å². The molecule has 148 valence electrons. The second-order valence-electron chi connectivity index (χ2n) is 6.13. The van der Waals surface area contributed by atoms with Crippen molar-refractivity contribution in [2.24, 2.45) is 0 Å². The molecule has 0 aliphatic rings. The van der Waals surface area contributed by atoms with E-state index in [1.807, 2.05) is 0 Å². The molecule has 11 heteroatoms. The molecule has 1 N–H and O–H groups in total. The van der Waals surface area contributed by atoms with E-state index in [-0.39, 0.29) is 6.54 Å². The van der Waals surface area contributed by atoms with Crippen molar-refractivity contribution in [3.05, 3.63) is 65.4 Å². The van der Waals surface area contributed by atoms with Crippen LogP contribution in [0.1, 0.15) is 27.6 Å². The van der Waals surface area contributed by atoms with E-state index in [2.05, 4.69) is 25.7 Å². The number of nitrogens with one attached hydrogen (secondary N) is 1. The summed E-state index contributed by atoms with van der Waals surface area (Å²) in [7, 11) is 0. The fourth-order valence-corrected chi connectivity index (χ4v) is 2.79. The van der Waals surface area contributed by atoms with Gasteiger partial charge in [-0.1, -0.05) is 17.3 Å². The van der Waals surface area contributed by atoms with E-state index >= 15 is 0 Å². The number of hydrogen-bond acceptors (Lipinski definition) is 6. The van der Waals surface area contributed by atoms with Crippen molar-refractivity contribution in [2.45, 2.75) is 19.6 Å². The van der Waals surface area contributed by atoms with Crippen molar-refractivity contribution < 1.29 is 22.5 Å². The van der Waals surface area contributed by atoms with E-state index in [9.17, 15) is 18.0 Å². The topological polar surface area (TPSA) is 98.2 Å². The Bertz CT molecular complexity index is 1200. The summed E-state index contributed by atoms with van der Waals surface area (Å²) in [5, 5.41) is 14.2. The molecule has 0 bridgehead atoms. The zero-order valence-electron chi connectivity index (χ0n) is 14.9. The molecule has 0 aliphatic heterocycles. The van der Waals surface area contributed by atoms with Gasteiger partial charge in [0.25, 0.3) is 11.8 Å². The van der Waals surface area contributed by atoms with Crippen LogP contribution in [0.2, 0.25) is 0 Å². The van der Waals surface area contributed by atoms with E-state index < -0.39 is 23.2 Å². The van der Waals surface area contributed by atoms with Gasteiger partial charge in [-0.25, -0.2) is 0 Å². The maximum atomic E-state index is 13.1. The molecule has 0 saturated heterocycles. The molecular formula is C18H13F3N6O2. The molecule has 0 aliphatic carbocycles. The third-order valence-corrected chi connectivity index (χ3v) is 4.14. The number of carbonyl (C=O) groups is 1. The zero-order valence-corrected chi connectivity index (χ0v) is 14.9.